The highest BCUT2D eigenvalue weighted by Crippen LogP contribution is 2.24. The largest absolute Gasteiger partial charge is 0.393 e. The van der Waals surface area contributed by atoms with E-state index in [1.807, 2.05) is 0 Å². The van der Waals surface area contributed by atoms with E-state index >= 15 is 0 Å². The lowest BCUT2D eigenvalue weighted by molar-refractivity contribution is 0.0762. The normalized spacial score (nSPS) is 22.6. The van der Waals surface area contributed by atoms with E-state index < -0.39 is 0 Å². The van der Waals surface area contributed by atoms with Crippen molar-refractivity contribution in [1.82, 2.24) is 15.0 Å². The number of aromatic nitrogens is 3. The molecule has 112 valence electrons. The first-order chi connectivity index (χ1) is 9.69. The zero-order valence-corrected chi connectivity index (χ0v) is 12.5. The molecule has 0 aliphatic heterocycles. The van der Waals surface area contributed by atoms with E-state index in [0.29, 0.717) is 18.4 Å². The standard InChI is InChI=1S/C13H22ClN5O/c1-2-7-15-12-17-11(14)18-13(19-12)16-8-9-5-3-4-6-10(9)20/h9-10,20H,2-8H2,1H3,(H2,15,16,17,18,19). The Labute approximate surface area is 124 Å². The molecular weight excluding hydrogens is 278 g/mol. The van der Waals surface area contributed by atoms with Gasteiger partial charge in [-0.2, -0.15) is 15.0 Å². The molecule has 1 aliphatic carbocycles. The minimum atomic E-state index is -0.230. The summed E-state index contributed by atoms with van der Waals surface area (Å²) in [4.78, 5) is 12.4. The van der Waals surface area contributed by atoms with Crippen LogP contribution in [0.2, 0.25) is 5.28 Å². The number of hydrogen-bond donors (Lipinski definition) is 3. The lowest BCUT2D eigenvalue weighted by Gasteiger charge is -2.27. The Kier molecular flexibility index (Phi) is 5.79. The molecule has 0 bridgehead atoms. The molecule has 0 spiro atoms. The van der Waals surface area contributed by atoms with Gasteiger partial charge < -0.3 is 15.7 Å². The van der Waals surface area contributed by atoms with Crippen molar-refractivity contribution in [3.63, 3.8) is 0 Å². The molecular formula is C13H22ClN5O. The summed E-state index contributed by atoms with van der Waals surface area (Å²) in [6.07, 6.45) is 4.96. The first-order valence-electron chi connectivity index (χ1n) is 7.26. The van der Waals surface area contributed by atoms with E-state index in [2.05, 4.69) is 32.5 Å². The lowest BCUT2D eigenvalue weighted by Crippen LogP contribution is -2.30. The first kappa shape index (κ1) is 15.3. The van der Waals surface area contributed by atoms with Crippen molar-refractivity contribution in [2.45, 2.75) is 45.1 Å². The van der Waals surface area contributed by atoms with Crippen LogP contribution in [0.3, 0.4) is 0 Å². The van der Waals surface area contributed by atoms with Crippen molar-refractivity contribution in [1.29, 1.82) is 0 Å². The van der Waals surface area contributed by atoms with Crippen LogP contribution in [-0.2, 0) is 0 Å². The molecule has 6 nitrogen and oxygen atoms in total. The number of anilines is 2. The van der Waals surface area contributed by atoms with Gasteiger partial charge in [0.05, 0.1) is 6.10 Å². The smallest absolute Gasteiger partial charge is 0.228 e. The van der Waals surface area contributed by atoms with Crippen LogP contribution in [0.5, 0.6) is 0 Å². The van der Waals surface area contributed by atoms with Crippen molar-refractivity contribution in [3.05, 3.63) is 5.28 Å². The minimum Gasteiger partial charge on any atom is -0.393 e. The van der Waals surface area contributed by atoms with Crippen LogP contribution in [0.15, 0.2) is 0 Å². The van der Waals surface area contributed by atoms with Gasteiger partial charge in [0.2, 0.25) is 17.2 Å². The number of halogens is 1. The molecule has 0 saturated heterocycles. The van der Waals surface area contributed by atoms with Crippen LogP contribution in [-0.4, -0.2) is 39.3 Å². The number of nitrogens with one attached hydrogen (secondary N) is 2. The van der Waals surface area contributed by atoms with E-state index in [1.54, 1.807) is 0 Å². The van der Waals surface area contributed by atoms with Crippen LogP contribution in [0, 0.1) is 5.92 Å². The summed E-state index contributed by atoms with van der Waals surface area (Å²) in [5.41, 5.74) is 0. The topological polar surface area (TPSA) is 83.0 Å². The van der Waals surface area contributed by atoms with E-state index in [4.69, 9.17) is 11.6 Å². The Bertz CT molecular complexity index is 431. The minimum absolute atomic E-state index is 0.172. The summed E-state index contributed by atoms with van der Waals surface area (Å²) in [6.45, 7) is 3.52. The zero-order chi connectivity index (χ0) is 14.4. The molecule has 1 saturated carbocycles. The summed E-state index contributed by atoms with van der Waals surface area (Å²) < 4.78 is 0. The van der Waals surface area contributed by atoms with Crippen LogP contribution < -0.4 is 10.6 Å². The third-order valence-corrected chi connectivity index (χ3v) is 3.70. The molecule has 1 aliphatic rings. The average Bonchev–Trinajstić information content (AvgIpc) is 2.44. The predicted molar refractivity (Wildman–Crippen MR) is 80.1 cm³/mol. The van der Waals surface area contributed by atoms with Gasteiger partial charge in [0, 0.05) is 19.0 Å². The van der Waals surface area contributed by atoms with Gasteiger partial charge in [-0.25, -0.2) is 0 Å². The number of nitrogens with zero attached hydrogens (tertiary/aromatic N) is 3. The van der Waals surface area contributed by atoms with E-state index in [1.165, 1.54) is 6.42 Å². The van der Waals surface area contributed by atoms with Crippen LogP contribution in [0.1, 0.15) is 39.0 Å². The molecule has 2 rings (SSSR count). The predicted octanol–water partition coefficient (Wildman–Crippen LogP) is 2.31. The Balaban J connectivity index is 1.92. The monoisotopic (exact) mass is 299 g/mol. The molecule has 2 unspecified atom stereocenters. The third-order valence-electron chi connectivity index (χ3n) is 3.53. The quantitative estimate of drug-likeness (QED) is 0.748. The fourth-order valence-electron chi connectivity index (χ4n) is 2.39. The summed E-state index contributed by atoms with van der Waals surface area (Å²) in [7, 11) is 0. The molecule has 1 aromatic heterocycles. The van der Waals surface area contributed by atoms with Gasteiger partial charge in [-0.05, 0) is 30.9 Å². The second kappa shape index (κ2) is 7.59. The molecule has 0 radical (unpaired) electrons. The molecule has 7 heteroatoms. The van der Waals surface area contributed by atoms with Crippen molar-refractivity contribution in [2.24, 2.45) is 5.92 Å². The maximum absolute atomic E-state index is 9.94. The average molecular weight is 300 g/mol. The second-order valence-electron chi connectivity index (χ2n) is 5.17. The number of aliphatic hydroxyl groups is 1. The maximum Gasteiger partial charge on any atom is 0.228 e. The van der Waals surface area contributed by atoms with Crippen molar-refractivity contribution >= 4 is 23.5 Å². The lowest BCUT2D eigenvalue weighted by atomic mass is 9.86. The number of rotatable bonds is 6. The van der Waals surface area contributed by atoms with E-state index in [-0.39, 0.29) is 17.3 Å². The number of aliphatic hydroxyl groups excluding tert-OH is 1. The Morgan fingerprint density at radius 3 is 2.55 bits per heavy atom. The van der Waals surface area contributed by atoms with Crippen LogP contribution in [0.4, 0.5) is 11.9 Å². The summed E-state index contributed by atoms with van der Waals surface area (Å²) >= 11 is 5.89. The SMILES string of the molecule is CCCNc1nc(Cl)nc(NCC2CCCCC2O)n1. The molecule has 1 heterocycles. The Morgan fingerprint density at radius 2 is 1.85 bits per heavy atom. The molecule has 1 fully saturated rings. The molecule has 0 amide bonds. The van der Waals surface area contributed by atoms with Crippen molar-refractivity contribution in [3.8, 4) is 0 Å². The highest BCUT2D eigenvalue weighted by Gasteiger charge is 2.22. The third kappa shape index (κ3) is 4.45. The van der Waals surface area contributed by atoms with Gasteiger partial charge in [0.25, 0.3) is 0 Å². The van der Waals surface area contributed by atoms with Crippen LogP contribution in [0.25, 0.3) is 0 Å². The highest BCUT2D eigenvalue weighted by molar-refractivity contribution is 6.28. The Morgan fingerprint density at radius 1 is 1.15 bits per heavy atom. The molecule has 0 aromatic carbocycles. The number of hydrogen-bond acceptors (Lipinski definition) is 6. The van der Waals surface area contributed by atoms with E-state index in [0.717, 1.165) is 32.2 Å². The van der Waals surface area contributed by atoms with Gasteiger partial charge in [0.1, 0.15) is 0 Å². The second-order valence-corrected chi connectivity index (χ2v) is 5.51. The summed E-state index contributed by atoms with van der Waals surface area (Å²) in [5, 5.41) is 16.4. The molecule has 20 heavy (non-hydrogen) atoms. The van der Waals surface area contributed by atoms with Gasteiger partial charge in [-0.3, -0.25) is 0 Å². The molecule has 1 aromatic rings. The van der Waals surface area contributed by atoms with Gasteiger partial charge in [-0.15, -0.1) is 0 Å². The van der Waals surface area contributed by atoms with E-state index in [9.17, 15) is 5.11 Å². The zero-order valence-electron chi connectivity index (χ0n) is 11.8. The van der Waals surface area contributed by atoms with Crippen molar-refractivity contribution in [2.75, 3.05) is 23.7 Å². The fraction of sp³-hybridized carbons (Fsp3) is 0.769. The van der Waals surface area contributed by atoms with Crippen LogP contribution >= 0.6 is 11.6 Å². The highest BCUT2D eigenvalue weighted by atomic mass is 35.5. The first-order valence-corrected chi connectivity index (χ1v) is 7.64. The maximum atomic E-state index is 9.94. The van der Waals surface area contributed by atoms with Gasteiger partial charge in [-0.1, -0.05) is 19.8 Å². The summed E-state index contributed by atoms with van der Waals surface area (Å²) in [5.74, 6) is 1.20. The van der Waals surface area contributed by atoms with Crippen molar-refractivity contribution < 1.29 is 5.11 Å². The fourth-order valence-corrected chi connectivity index (χ4v) is 2.55. The summed E-state index contributed by atoms with van der Waals surface area (Å²) in [6, 6.07) is 0. The van der Waals surface area contributed by atoms with Gasteiger partial charge >= 0.3 is 0 Å². The molecule has 2 atom stereocenters. The molecule has 3 N–H and O–H groups in total. The Hall–Kier alpha value is -1.14. The van der Waals surface area contributed by atoms with Gasteiger partial charge in [0.15, 0.2) is 0 Å².